The van der Waals surface area contributed by atoms with E-state index in [2.05, 4.69) is 41.9 Å². The number of carbonyl (C=O) groups is 1. The number of anilines is 2. The molecule has 0 aliphatic carbocycles. The average Bonchev–Trinajstić information content (AvgIpc) is 2.71. The van der Waals surface area contributed by atoms with E-state index in [1.807, 2.05) is 12.3 Å². The normalized spacial score (nSPS) is 13.9. The van der Waals surface area contributed by atoms with Gasteiger partial charge in [-0.25, -0.2) is 19.7 Å². The number of piperidine rings is 1. The van der Waals surface area contributed by atoms with Crippen molar-refractivity contribution in [3.8, 4) is 0 Å². The summed E-state index contributed by atoms with van der Waals surface area (Å²) in [5.74, 6) is 1.55. The Balaban J connectivity index is 1.37. The van der Waals surface area contributed by atoms with Gasteiger partial charge >= 0.3 is 6.03 Å². The topological polar surface area (TPSA) is 95.1 Å². The lowest BCUT2D eigenvalue weighted by Gasteiger charge is -2.27. The van der Waals surface area contributed by atoms with Crippen LogP contribution in [0, 0.1) is 0 Å². The highest BCUT2D eigenvalue weighted by atomic mass is 16.2. The van der Waals surface area contributed by atoms with E-state index < -0.39 is 0 Å². The predicted octanol–water partition coefficient (Wildman–Crippen LogP) is 1.77. The van der Waals surface area contributed by atoms with Gasteiger partial charge in [-0.1, -0.05) is 0 Å². The predicted molar refractivity (Wildman–Crippen MR) is 101 cm³/mol. The summed E-state index contributed by atoms with van der Waals surface area (Å²) in [5, 5.41) is 8.72. The van der Waals surface area contributed by atoms with Crippen LogP contribution < -0.4 is 20.9 Å². The molecular weight excluding hydrogens is 330 g/mol. The molecule has 0 radical (unpaired) electrons. The zero-order valence-corrected chi connectivity index (χ0v) is 14.8. The van der Waals surface area contributed by atoms with Crippen molar-refractivity contribution in [2.75, 3.05) is 36.4 Å². The molecule has 0 spiro atoms. The summed E-state index contributed by atoms with van der Waals surface area (Å²) in [7, 11) is 0. The van der Waals surface area contributed by atoms with Crippen molar-refractivity contribution in [3.05, 3.63) is 42.4 Å². The number of hydrogen-bond acceptors (Lipinski definition) is 6. The molecule has 0 bridgehead atoms. The van der Waals surface area contributed by atoms with Crippen molar-refractivity contribution in [2.45, 2.75) is 25.8 Å². The van der Waals surface area contributed by atoms with Crippen LogP contribution in [-0.4, -0.2) is 47.2 Å². The molecule has 0 saturated carbocycles. The van der Waals surface area contributed by atoms with Crippen LogP contribution in [0.1, 0.15) is 24.8 Å². The molecule has 3 N–H and O–H groups in total. The number of amides is 2. The van der Waals surface area contributed by atoms with Gasteiger partial charge in [-0.3, -0.25) is 0 Å². The van der Waals surface area contributed by atoms with E-state index in [4.69, 9.17) is 0 Å². The lowest BCUT2D eigenvalue weighted by Crippen LogP contribution is -2.37. The molecule has 0 unspecified atom stereocenters. The minimum absolute atomic E-state index is 0.197. The number of rotatable bonds is 7. The highest BCUT2D eigenvalue weighted by Gasteiger charge is 2.12. The number of carbonyl (C=O) groups excluding carboxylic acids is 1. The molecule has 2 aromatic rings. The van der Waals surface area contributed by atoms with Gasteiger partial charge in [-0.15, -0.1) is 0 Å². The molecule has 8 heteroatoms. The minimum atomic E-state index is -0.197. The van der Waals surface area contributed by atoms with Gasteiger partial charge in [0.1, 0.15) is 5.82 Å². The van der Waals surface area contributed by atoms with Gasteiger partial charge in [0.2, 0.25) is 5.95 Å². The summed E-state index contributed by atoms with van der Waals surface area (Å²) in [4.78, 5) is 26.8. The van der Waals surface area contributed by atoms with Crippen molar-refractivity contribution < 1.29 is 4.79 Å². The van der Waals surface area contributed by atoms with Gasteiger partial charge < -0.3 is 20.9 Å². The number of urea groups is 1. The van der Waals surface area contributed by atoms with E-state index >= 15 is 0 Å². The standard InChI is InChI=1S/C18H25N7O/c26-18(23-10-9-22-17-20-6-4-7-21-17)24-14-15-5-8-19-16(13-15)25-11-2-1-3-12-25/h4-8,13H,1-3,9-12,14H2,(H,20,21,22)(H2,23,24,26). The van der Waals surface area contributed by atoms with Crippen LogP contribution in [0.15, 0.2) is 36.8 Å². The summed E-state index contributed by atoms with van der Waals surface area (Å²) >= 11 is 0. The van der Waals surface area contributed by atoms with Gasteiger partial charge in [0, 0.05) is 51.3 Å². The van der Waals surface area contributed by atoms with E-state index in [9.17, 15) is 4.79 Å². The summed E-state index contributed by atoms with van der Waals surface area (Å²) in [6.07, 6.45) is 8.87. The fourth-order valence-electron chi connectivity index (χ4n) is 2.85. The smallest absolute Gasteiger partial charge is 0.315 e. The summed E-state index contributed by atoms with van der Waals surface area (Å²) in [6, 6.07) is 5.55. The quantitative estimate of drug-likeness (QED) is 0.655. The molecule has 0 aromatic carbocycles. The van der Waals surface area contributed by atoms with Crippen molar-refractivity contribution >= 4 is 17.8 Å². The third-order valence-corrected chi connectivity index (χ3v) is 4.20. The Morgan fingerprint density at radius 3 is 2.62 bits per heavy atom. The molecule has 8 nitrogen and oxygen atoms in total. The first-order chi connectivity index (χ1) is 12.8. The van der Waals surface area contributed by atoms with E-state index in [1.54, 1.807) is 18.5 Å². The van der Waals surface area contributed by atoms with Gasteiger partial charge in [0.25, 0.3) is 0 Å². The first-order valence-corrected chi connectivity index (χ1v) is 9.04. The molecule has 3 heterocycles. The third-order valence-electron chi connectivity index (χ3n) is 4.20. The van der Waals surface area contributed by atoms with Crippen LogP contribution in [0.4, 0.5) is 16.6 Å². The minimum Gasteiger partial charge on any atom is -0.357 e. The third kappa shape index (κ3) is 5.58. The van der Waals surface area contributed by atoms with E-state index in [0.717, 1.165) is 24.5 Å². The summed E-state index contributed by atoms with van der Waals surface area (Å²) in [5.41, 5.74) is 1.05. The van der Waals surface area contributed by atoms with Gasteiger partial charge in [-0.05, 0) is 43.0 Å². The highest BCUT2D eigenvalue weighted by molar-refractivity contribution is 5.73. The second kappa shape index (κ2) is 9.55. The maximum absolute atomic E-state index is 11.9. The zero-order chi connectivity index (χ0) is 18.0. The molecule has 0 atom stereocenters. The highest BCUT2D eigenvalue weighted by Crippen LogP contribution is 2.18. The van der Waals surface area contributed by atoms with E-state index in [0.29, 0.717) is 25.6 Å². The molecule has 2 amide bonds. The second-order valence-corrected chi connectivity index (χ2v) is 6.18. The summed E-state index contributed by atoms with van der Waals surface area (Å²) < 4.78 is 0. The zero-order valence-electron chi connectivity index (χ0n) is 14.8. The molecular formula is C18H25N7O. The van der Waals surface area contributed by atoms with E-state index in [1.165, 1.54) is 19.3 Å². The molecule has 26 heavy (non-hydrogen) atoms. The molecule has 138 valence electrons. The largest absolute Gasteiger partial charge is 0.357 e. The first kappa shape index (κ1) is 17.9. The van der Waals surface area contributed by atoms with Crippen molar-refractivity contribution in [2.24, 2.45) is 0 Å². The van der Waals surface area contributed by atoms with Crippen molar-refractivity contribution in [1.82, 2.24) is 25.6 Å². The Kier molecular flexibility index (Phi) is 6.58. The monoisotopic (exact) mass is 355 g/mol. The average molecular weight is 355 g/mol. The Hall–Kier alpha value is -2.90. The van der Waals surface area contributed by atoms with Crippen molar-refractivity contribution in [1.29, 1.82) is 0 Å². The number of pyridine rings is 1. The molecule has 1 saturated heterocycles. The Labute approximate surface area is 153 Å². The van der Waals surface area contributed by atoms with Crippen molar-refractivity contribution in [3.63, 3.8) is 0 Å². The fraction of sp³-hybridized carbons (Fsp3) is 0.444. The number of hydrogen-bond donors (Lipinski definition) is 3. The molecule has 1 aliphatic rings. The van der Waals surface area contributed by atoms with Gasteiger partial charge in [0.15, 0.2) is 0 Å². The van der Waals surface area contributed by atoms with Gasteiger partial charge in [-0.2, -0.15) is 0 Å². The van der Waals surface area contributed by atoms with Crippen LogP contribution in [0.3, 0.4) is 0 Å². The number of nitrogens with zero attached hydrogens (tertiary/aromatic N) is 4. The number of aromatic nitrogens is 3. The fourth-order valence-corrected chi connectivity index (χ4v) is 2.85. The first-order valence-electron chi connectivity index (χ1n) is 9.04. The van der Waals surface area contributed by atoms with Gasteiger partial charge in [0.05, 0.1) is 0 Å². The molecule has 1 aliphatic heterocycles. The lowest BCUT2D eigenvalue weighted by molar-refractivity contribution is 0.241. The lowest BCUT2D eigenvalue weighted by atomic mass is 10.1. The van der Waals surface area contributed by atoms with E-state index in [-0.39, 0.29) is 6.03 Å². The Morgan fingerprint density at radius 1 is 1.00 bits per heavy atom. The maximum atomic E-state index is 11.9. The summed E-state index contributed by atoms with van der Waals surface area (Å²) in [6.45, 7) is 3.64. The van der Waals surface area contributed by atoms with Crippen LogP contribution in [0.25, 0.3) is 0 Å². The molecule has 1 fully saturated rings. The SMILES string of the molecule is O=C(NCCNc1ncccn1)NCc1ccnc(N2CCCCC2)c1. The number of nitrogens with one attached hydrogen (secondary N) is 3. The van der Waals surface area contributed by atoms with Crippen LogP contribution in [-0.2, 0) is 6.54 Å². The molecule has 3 rings (SSSR count). The second-order valence-electron chi connectivity index (χ2n) is 6.18. The van der Waals surface area contributed by atoms with Crippen LogP contribution in [0.5, 0.6) is 0 Å². The Morgan fingerprint density at radius 2 is 1.81 bits per heavy atom. The Bertz CT molecular complexity index is 689. The maximum Gasteiger partial charge on any atom is 0.315 e. The van der Waals surface area contributed by atoms with Crippen LogP contribution in [0.2, 0.25) is 0 Å². The van der Waals surface area contributed by atoms with Crippen LogP contribution >= 0.6 is 0 Å². The molecule has 2 aromatic heterocycles.